The smallest absolute Gasteiger partial charge is 0.336 e. The molecule has 4 rings (SSSR count). The fourth-order valence-electron chi connectivity index (χ4n) is 3.43. The van der Waals surface area contributed by atoms with E-state index in [4.69, 9.17) is 13.6 Å². The summed E-state index contributed by atoms with van der Waals surface area (Å²) in [5.41, 5.74) is -0.121. The number of nitrogens with one attached hydrogen (secondary N) is 1. The minimum absolute atomic E-state index is 0.0552. The molecule has 2 N–H and O–H groups in total. The molecule has 2 heterocycles. The summed E-state index contributed by atoms with van der Waals surface area (Å²) in [4.78, 5) is 23.3. The lowest BCUT2D eigenvalue weighted by Crippen LogP contribution is -2.42. The Balaban J connectivity index is 1.89. The number of aliphatic carboxylic acids is 1. The predicted octanol–water partition coefficient (Wildman–Crippen LogP) is 2.52. The van der Waals surface area contributed by atoms with Crippen LogP contribution in [0.3, 0.4) is 0 Å². The van der Waals surface area contributed by atoms with E-state index in [1.165, 1.54) is 25.5 Å². The van der Waals surface area contributed by atoms with Gasteiger partial charge in [0.05, 0.1) is 13.4 Å². The van der Waals surface area contributed by atoms with Crippen LogP contribution >= 0.6 is 0 Å². The fourth-order valence-corrected chi connectivity index (χ4v) is 5.00. The molecule has 9 nitrogen and oxygen atoms in total. The Morgan fingerprint density at radius 1 is 1.10 bits per heavy atom. The quantitative estimate of drug-likeness (QED) is 0.416. The number of sulfonamides is 1. The fraction of sp³-hybridized carbons (Fsp3) is 0.143. The van der Waals surface area contributed by atoms with Crippen LogP contribution in [0.25, 0.3) is 21.9 Å². The van der Waals surface area contributed by atoms with Crippen LogP contribution in [0, 0.1) is 0 Å². The van der Waals surface area contributed by atoms with Crippen LogP contribution in [0.5, 0.6) is 5.75 Å². The second kappa shape index (κ2) is 7.89. The SMILES string of the molecule is COc1c2occc2c(S(=O)(=O)NC(Cc2ccccc2)C(=O)O)c2ccc(=O)oc12. The number of rotatable bonds is 7. The molecule has 10 heteroatoms. The van der Waals surface area contributed by atoms with Gasteiger partial charge in [0.1, 0.15) is 10.9 Å². The molecule has 4 aromatic rings. The van der Waals surface area contributed by atoms with Crippen molar-refractivity contribution in [3.8, 4) is 5.75 Å². The summed E-state index contributed by atoms with van der Waals surface area (Å²) in [6.45, 7) is 0. The minimum atomic E-state index is -4.39. The number of carboxylic acids is 1. The van der Waals surface area contributed by atoms with Gasteiger partial charge in [-0.2, -0.15) is 4.72 Å². The maximum absolute atomic E-state index is 13.4. The molecule has 31 heavy (non-hydrogen) atoms. The third kappa shape index (κ3) is 3.78. The summed E-state index contributed by atoms with van der Waals surface area (Å²) in [5.74, 6) is -1.27. The first kappa shape index (κ1) is 20.6. The van der Waals surface area contributed by atoms with Gasteiger partial charge in [-0.1, -0.05) is 30.3 Å². The van der Waals surface area contributed by atoms with E-state index < -0.39 is 27.7 Å². The molecule has 0 spiro atoms. The highest BCUT2D eigenvalue weighted by Crippen LogP contribution is 2.40. The van der Waals surface area contributed by atoms with Gasteiger partial charge in [-0.25, -0.2) is 13.2 Å². The van der Waals surface area contributed by atoms with E-state index in [0.717, 1.165) is 6.07 Å². The number of furan rings is 1. The Labute approximate surface area is 175 Å². The Morgan fingerprint density at radius 2 is 1.81 bits per heavy atom. The zero-order valence-corrected chi connectivity index (χ0v) is 17.0. The van der Waals surface area contributed by atoms with Gasteiger partial charge < -0.3 is 18.7 Å². The molecule has 0 aliphatic rings. The number of methoxy groups -OCH3 is 1. The predicted molar refractivity (Wildman–Crippen MR) is 111 cm³/mol. The van der Waals surface area contributed by atoms with Crippen molar-refractivity contribution in [2.45, 2.75) is 17.4 Å². The van der Waals surface area contributed by atoms with Crippen LogP contribution in [0.15, 0.2) is 73.3 Å². The maximum atomic E-state index is 13.4. The van der Waals surface area contributed by atoms with Gasteiger partial charge >= 0.3 is 11.6 Å². The van der Waals surface area contributed by atoms with E-state index in [1.807, 2.05) is 0 Å². The Hall–Kier alpha value is -3.63. The molecular formula is C21H17NO8S. The molecule has 0 amide bonds. The average Bonchev–Trinajstić information content (AvgIpc) is 3.20. The normalized spacial score (nSPS) is 12.8. The second-order valence-corrected chi connectivity index (χ2v) is 8.38. The molecule has 0 aliphatic carbocycles. The van der Waals surface area contributed by atoms with Crippen molar-refractivity contribution < 1.29 is 31.9 Å². The summed E-state index contributed by atoms with van der Waals surface area (Å²) < 4.78 is 44.9. The number of fused-ring (bicyclic) bond motifs is 2. The molecule has 2 aromatic heterocycles. The average molecular weight is 443 g/mol. The van der Waals surface area contributed by atoms with Gasteiger partial charge in [-0.15, -0.1) is 0 Å². The molecule has 1 atom stereocenters. The van der Waals surface area contributed by atoms with Crippen LogP contribution in [-0.4, -0.2) is 32.6 Å². The molecule has 0 saturated heterocycles. The van der Waals surface area contributed by atoms with Gasteiger partial charge in [-0.05, 0) is 24.1 Å². The van der Waals surface area contributed by atoms with Crippen molar-refractivity contribution >= 4 is 37.9 Å². The third-order valence-electron chi connectivity index (χ3n) is 4.75. The lowest BCUT2D eigenvalue weighted by Gasteiger charge is -2.17. The Kier molecular flexibility index (Phi) is 5.25. The Bertz CT molecular complexity index is 1440. The summed E-state index contributed by atoms with van der Waals surface area (Å²) >= 11 is 0. The molecular weight excluding hydrogens is 426 g/mol. The van der Waals surface area contributed by atoms with Crippen LogP contribution in [0.2, 0.25) is 0 Å². The third-order valence-corrected chi connectivity index (χ3v) is 6.32. The molecule has 1 unspecified atom stereocenters. The summed E-state index contributed by atoms with van der Waals surface area (Å²) in [6, 6.07) is 11.0. The number of hydrogen-bond donors (Lipinski definition) is 2. The van der Waals surface area contributed by atoms with Crippen molar-refractivity contribution in [3.05, 3.63) is 70.8 Å². The second-order valence-electron chi connectivity index (χ2n) is 6.72. The van der Waals surface area contributed by atoms with E-state index in [1.54, 1.807) is 30.3 Å². The molecule has 160 valence electrons. The van der Waals surface area contributed by atoms with Gasteiger partial charge in [0, 0.05) is 16.8 Å². The lowest BCUT2D eigenvalue weighted by atomic mass is 10.1. The highest BCUT2D eigenvalue weighted by atomic mass is 32.2. The van der Waals surface area contributed by atoms with Gasteiger partial charge in [-0.3, -0.25) is 4.79 Å². The van der Waals surface area contributed by atoms with Crippen molar-refractivity contribution in [2.24, 2.45) is 0 Å². The highest BCUT2D eigenvalue weighted by molar-refractivity contribution is 7.90. The Morgan fingerprint density at radius 3 is 2.48 bits per heavy atom. The number of carbonyl (C=O) groups is 1. The molecule has 0 fully saturated rings. The van der Waals surface area contributed by atoms with E-state index >= 15 is 0 Å². The molecule has 2 aromatic carbocycles. The summed E-state index contributed by atoms with van der Waals surface area (Å²) in [5, 5.41) is 9.84. The first-order valence-corrected chi connectivity index (χ1v) is 10.6. The van der Waals surface area contributed by atoms with Crippen molar-refractivity contribution in [2.75, 3.05) is 7.11 Å². The minimum Gasteiger partial charge on any atom is -0.490 e. The maximum Gasteiger partial charge on any atom is 0.336 e. The first-order chi connectivity index (χ1) is 14.8. The standard InChI is InChI=1S/C21H17NO8S/c1-28-19-17-14(9-10-29-17)20(13-7-8-16(23)30-18(13)19)31(26,27)22-15(21(24)25)11-12-5-3-2-4-6-12/h2-10,15,22H,11H2,1H3,(H,24,25). The van der Waals surface area contributed by atoms with Gasteiger partial charge in [0.15, 0.2) is 11.2 Å². The van der Waals surface area contributed by atoms with Crippen LogP contribution < -0.4 is 15.1 Å². The van der Waals surface area contributed by atoms with Crippen molar-refractivity contribution in [1.29, 1.82) is 0 Å². The highest BCUT2D eigenvalue weighted by Gasteiger charge is 2.31. The van der Waals surface area contributed by atoms with Crippen molar-refractivity contribution in [3.63, 3.8) is 0 Å². The van der Waals surface area contributed by atoms with Crippen molar-refractivity contribution in [1.82, 2.24) is 4.72 Å². The largest absolute Gasteiger partial charge is 0.490 e. The van der Waals surface area contributed by atoms with E-state index in [-0.39, 0.29) is 39.0 Å². The first-order valence-electron chi connectivity index (χ1n) is 9.12. The topological polar surface area (TPSA) is 136 Å². The molecule has 0 bridgehead atoms. The number of carboxylic acid groups (broad SMARTS) is 1. The number of ether oxygens (including phenoxy) is 1. The number of hydrogen-bond acceptors (Lipinski definition) is 7. The van der Waals surface area contributed by atoms with E-state index in [2.05, 4.69) is 4.72 Å². The van der Waals surface area contributed by atoms with Crippen LogP contribution in [0.4, 0.5) is 0 Å². The molecule has 0 saturated carbocycles. The van der Waals surface area contributed by atoms with Crippen LogP contribution in [-0.2, 0) is 21.2 Å². The van der Waals surface area contributed by atoms with E-state index in [0.29, 0.717) is 5.56 Å². The summed E-state index contributed by atoms with van der Waals surface area (Å²) in [7, 11) is -3.06. The number of benzene rings is 2. The monoisotopic (exact) mass is 443 g/mol. The van der Waals surface area contributed by atoms with Gasteiger partial charge in [0.25, 0.3) is 0 Å². The van der Waals surface area contributed by atoms with Gasteiger partial charge in [0.2, 0.25) is 15.8 Å². The molecule has 0 radical (unpaired) electrons. The summed E-state index contributed by atoms with van der Waals surface area (Å²) in [6.07, 6.45) is 1.20. The zero-order valence-electron chi connectivity index (χ0n) is 16.2. The van der Waals surface area contributed by atoms with Crippen LogP contribution in [0.1, 0.15) is 5.56 Å². The van der Waals surface area contributed by atoms with E-state index in [9.17, 15) is 23.1 Å². The molecule has 0 aliphatic heterocycles. The lowest BCUT2D eigenvalue weighted by molar-refractivity contribution is -0.138. The zero-order chi connectivity index (χ0) is 22.2.